The summed E-state index contributed by atoms with van der Waals surface area (Å²) in [6.45, 7) is 3.09. The zero-order chi connectivity index (χ0) is 12.4. The fourth-order valence-electron chi connectivity index (χ4n) is 2.38. The lowest BCUT2D eigenvalue weighted by Crippen LogP contribution is -2.36. The smallest absolute Gasteiger partial charge is 0.407 e. The van der Waals surface area contributed by atoms with Gasteiger partial charge in [-0.1, -0.05) is 17.7 Å². The van der Waals surface area contributed by atoms with Crippen molar-refractivity contribution >= 4 is 6.09 Å². The molecule has 1 aromatic rings. The maximum absolute atomic E-state index is 10.8. The van der Waals surface area contributed by atoms with Gasteiger partial charge in [-0.3, -0.25) is 0 Å². The number of hydrogen-bond acceptors (Lipinski definition) is 2. The number of hydrogen-bond donors (Lipinski definition) is 2. The van der Waals surface area contributed by atoms with E-state index in [-0.39, 0.29) is 5.92 Å². The Balaban J connectivity index is 2.10. The van der Waals surface area contributed by atoms with Crippen molar-refractivity contribution in [2.45, 2.75) is 25.7 Å². The minimum atomic E-state index is -0.850. The normalized spacial score (nSPS) is 17.1. The fraction of sp³-hybridized carbons (Fsp3) is 0.462. The molecule has 0 spiro atoms. The molecule has 0 atom stereocenters. The molecule has 0 radical (unpaired) electrons. The predicted molar refractivity (Wildman–Crippen MR) is 64.4 cm³/mol. The van der Waals surface area contributed by atoms with Crippen molar-refractivity contribution in [3.05, 3.63) is 29.3 Å². The summed E-state index contributed by atoms with van der Waals surface area (Å²) >= 11 is 0. The second kappa shape index (κ2) is 4.65. The maximum Gasteiger partial charge on any atom is 0.407 e. The van der Waals surface area contributed by atoms with E-state index in [1.54, 1.807) is 6.07 Å². The summed E-state index contributed by atoms with van der Waals surface area (Å²) in [5.41, 5.74) is 2.08. The third-order valence-electron chi connectivity index (χ3n) is 3.39. The van der Waals surface area contributed by atoms with Crippen LogP contribution < -0.4 is 0 Å². The van der Waals surface area contributed by atoms with Crippen LogP contribution in [0.5, 0.6) is 5.75 Å². The van der Waals surface area contributed by atoms with Crippen molar-refractivity contribution in [1.82, 2.24) is 4.90 Å². The van der Waals surface area contributed by atoms with Gasteiger partial charge in [0.05, 0.1) is 0 Å². The largest absolute Gasteiger partial charge is 0.508 e. The van der Waals surface area contributed by atoms with Crippen molar-refractivity contribution in [2.75, 3.05) is 13.1 Å². The molecular formula is C13H17NO3. The highest BCUT2D eigenvalue weighted by Crippen LogP contribution is 2.34. The van der Waals surface area contributed by atoms with E-state index in [1.807, 2.05) is 19.1 Å². The van der Waals surface area contributed by atoms with Crippen LogP contribution in [-0.2, 0) is 0 Å². The second-order valence-electron chi connectivity index (χ2n) is 4.61. The first-order chi connectivity index (χ1) is 8.08. The van der Waals surface area contributed by atoms with Gasteiger partial charge in [0.25, 0.3) is 0 Å². The molecule has 0 bridgehead atoms. The van der Waals surface area contributed by atoms with Gasteiger partial charge in [0.2, 0.25) is 0 Å². The third kappa shape index (κ3) is 2.52. The molecule has 1 saturated heterocycles. The monoisotopic (exact) mass is 235 g/mol. The molecular weight excluding hydrogens is 218 g/mol. The summed E-state index contributed by atoms with van der Waals surface area (Å²) in [6.07, 6.45) is 0.712. The summed E-state index contributed by atoms with van der Waals surface area (Å²) in [5.74, 6) is 0.592. The van der Waals surface area contributed by atoms with E-state index in [1.165, 1.54) is 4.90 Å². The number of aryl methyl sites for hydroxylation is 1. The Labute approximate surface area is 100 Å². The number of piperidine rings is 1. The molecule has 1 fully saturated rings. The molecule has 1 aliphatic rings. The second-order valence-corrected chi connectivity index (χ2v) is 4.61. The number of likely N-dealkylation sites (tertiary alicyclic amines) is 1. The van der Waals surface area contributed by atoms with Crippen LogP contribution in [0, 0.1) is 6.92 Å². The third-order valence-corrected chi connectivity index (χ3v) is 3.39. The van der Waals surface area contributed by atoms with E-state index >= 15 is 0 Å². The number of nitrogens with zero attached hydrogens (tertiary/aromatic N) is 1. The van der Waals surface area contributed by atoms with Crippen LogP contribution in [-0.4, -0.2) is 34.3 Å². The Kier molecular flexibility index (Phi) is 3.22. The number of amides is 1. The lowest BCUT2D eigenvalue weighted by Gasteiger charge is -2.30. The Morgan fingerprint density at radius 3 is 2.59 bits per heavy atom. The van der Waals surface area contributed by atoms with Crippen LogP contribution in [0.1, 0.15) is 29.9 Å². The molecule has 2 rings (SSSR count). The number of phenolic OH excluding ortho intramolecular Hbond substituents is 1. The first-order valence-corrected chi connectivity index (χ1v) is 5.85. The van der Waals surface area contributed by atoms with Gasteiger partial charge in [0.1, 0.15) is 5.75 Å². The molecule has 1 aliphatic heterocycles. The number of phenols is 1. The van der Waals surface area contributed by atoms with Gasteiger partial charge < -0.3 is 15.1 Å². The van der Waals surface area contributed by atoms with Crippen molar-refractivity contribution in [2.24, 2.45) is 0 Å². The first kappa shape index (κ1) is 11.8. The van der Waals surface area contributed by atoms with Crippen LogP contribution in [0.15, 0.2) is 18.2 Å². The Morgan fingerprint density at radius 2 is 2.00 bits per heavy atom. The molecule has 0 saturated carbocycles. The molecule has 4 nitrogen and oxygen atoms in total. The van der Waals surface area contributed by atoms with E-state index < -0.39 is 6.09 Å². The molecule has 17 heavy (non-hydrogen) atoms. The number of aromatic hydroxyl groups is 1. The quantitative estimate of drug-likeness (QED) is 0.786. The highest BCUT2D eigenvalue weighted by molar-refractivity contribution is 5.65. The van der Waals surface area contributed by atoms with Crippen molar-refractivity contribution in [3.63, 3.8) is 0 Å². The zero-order valence-electron chi connectivity index (χ0n) is 9.89. The summed E-state index contributed by atoms with van der Waals surface area (Å²) < 4.78 is 0. The van der Waals surface area contributed by atoms with E-state index in [4.69, 9.17) is 5.11 Å². The fourth-order valence-corrected chi connectivity index (χ4v) is 2.38. The van der Waals surface area contributed by atoms with E-state index in [9.17, 15) is 9.90 Å². The van der Waals surface area contributed by atoms with Crippen LogP contribution in [0.2, 0.25) is 0 Å². The predicted octanol–water partition coefficient (Wildman–Crippen LogP) is 2.56. The van der Waals surface area contributed by atoms with Crippen LogP contribution >= 0.6 is 0 Å². The van der Waals surface area contributed by atoms with Crippen LogP contribution in [0.25, 0.3) is 0 Å². The van der Waals surface area contributed by atoms with Gasteiger partial charge in [-0.25, -0.2) is 4.79 Å². The molecule has 0 aromatic heterocycles. The van der Waals surface area contributed by atoms with Crippen molar-refractivity contribution in [3.8, 4) is 5.75 Å². The van der Waals surface area contributed by atoms with Gasteiger partial charge in [-0.05, 0) is 37.3 Å². The van der Waals surface area contributed by atoms with Gasteiger partial charge in [0.15, 0.2) is 0 Å². The molecule has 1 aromatic carbocycles. The van der Waals surface area contributed by atoms with Crippen LogP contribution in [0.3, 0.4) is 0 Å². The lowest BCUT2D eigenvalue weighted by molar-refractivity contribution is 0.132. The summed E-state index contributed by atoms with van der Waals surface area (Å²) in [5, 5.41) is 18.7. The van der Waals surface area contributed by atoms with E-state index in [2.05, 4.69) is 0 Å². The lowest BCUT2D eigenvalue weighted by atomic mass is 9.88. The van der Waals surface area contributed by atoms with Gasteiger partial charge >= 0.3 is 6.09 Å². The number of benzene rings is 1. The minimum absolute atomic E-state index is 0.269. The summed E-state index contributed by atoms with van der Waals surface area (Å²) in [4.78, 5) is 12.2. The summed E-state index contributed by atoms with van der Waals surface area (Å²) in [7, 11) is 0. The maximum atomic E-state index is 10.8. The van der Waals surface area contributed by atoms with Gasteiger partial charge in [0, 0.05) is 13.1 Å². The molecule has 92 valence electrons. The molecule has 0 aliphatic carbocycles. The van der Waals surface area contributed by atoms with Crippen molar-refractivity contribution in [1.29, 1.82) is 0 Å². The minimum Gasteiger partial charge on any atom is -0.508 e. The van der Waals surface area contributed by atoms with Crippen molar-refractivity contribution < 1.29 is 15.0 Å². The van der Waals surface area contributed by atoms with Crippen LogP contribution in [0.4, 0.5) is 4.79 Å². The Bertz CT molecular complexity index is 423. The highest BCUT2D eigenvalue weighted by atomic mass is 16.4. The molecule has 4 heteroatoms. The average molecular weight is 235 g/mol. The zero-order valence-corrected chi connectivity index (χ0v) is 9.89. The molecule has 1 amide bonds. The summed E-state index contributed by atoms with van der Waals surface area (Å²) in [6, 6.07) is 5.59. The van der Waals surface area contributed by atoms with E-state index in [0.717, 1.165) is 24.0 Å². The first-order valence-electron chi connectivity index (χ1n) is 5.85. The number of carboxylic acid groups (broad SMARTS) is 1. The standard InChI is InChI=1S/C13H17NO3/c1-9-2-3-12(15)11(8-9)10-4-6-14(7-5-10)13(16)17/h2-3,8,10,15H,4-7H2,1H3,(H,16,17). The highest BCUT2D eigenvalue weighted by Gasteiger charge is 2.24. The Hall–Kier alpha value is -1.71. The Morgan fingerprint density at radius 1 is 1.35 bits per heavy atom. The molecule has 1 heterocycles. The van der Waals surface area contributed by atoms with E-state index in [0.29, 0.717) is 18.8 Å². The van der Waals surface area contributed by atoms with Gasteiger partial charge in [-0.15, -0.1) is 0 Å². The van der Waals surface area contributed by atoms with Gasteiger partial charge in [-0.2, -0.15) is 0 Å². The number of carbonyl (C=O) groups is 1. The number of rotatable bonds is 1. The topological polar surface area (TPSA) is 60.8 Å². The average Bonchev–Trinajstić information content (AvgIpc) is 2.32. The molecule has 0 unspecified atom stereocenters. The molecule has 2 N–H and O–H groups in total. The SMILES string of the molecule is Cc1ccc(O)c(C2CCN(C(=O)O)CC2)c1.